The topological polar surface area (TPSA) is 63.2 Å². The van der Waals surface area contributed by atoms with Crippen molar-refractivity contribution < 1.29 is 4.74 Å². The number of halogens is 1. The van der Waals surface area contributed by atoms with Gasteiger partial charge in [-0.05, 0) is 38.3 Å². The Labute approximate surface area is 132 Å². The summed E-state index contributed by atoms with van der Waals surface area (Å²) in [4.78, 5) is 14.8. The molecule has 7 heteroatoms. The van der Waals surface area contributed by atoms with Crippen LogP contribution in [0.4, 0.5) is 11.9 Å². The zero-order valence-electron chi connectivity index (χ0n) is 13.6. The summed E-state index contributed by atoms with van der Waals surface area (Å²) in [7, 11) is 0. The van der Waals surface area contributed by atoms with Crippen molar-refractivity contribution in [3.8, 4) is 0 Å². The molecule has 0 amide bonds. The van der Waals surface area contributed by atoms with E-state index >= 15 is 0 Å². The molecule has 0 spiro atoms. The van der Waals surface area contributed by atoms with Gasteiger partial charge in [-0.1, -0.05) is 13.8 Å². The van der Waals surface area contributed by atoms with E-state index < -0.39 is 0 Å². The zero-order chi connectivity index (χ0) is 15.8. The van der Waals surface area contributed by atoms with Crippen LogP contribution in [-0.4, -0.2) is 47.3 Å². The third-order valence-electron chi connectivity index (χ3n) is 3.26. The van der Waals surface area contributed by atoms with Crippen LogP contribution in [0, 0.1) is 5.92 Å². The average molecular weight is 316 g/mol. The van der Waals surface area contributed by atoms with Crippen molar-refractivity contribution >= 4 is 23.5 Å². The van der Waals surface area contributed by atoms with E-state index in [2.05, 4.69) is 48.0 Å². The lowest BCUT2D eigenvalue weighted by molar-refractivity contribution is 0.126. The van der Waals surface area contributed by atoms with Crippen molar-refractivity contribution in [1.82, 2.24) is 15.0 Å². The summed E-state index contributed by atoms with van der Waals surface area (Å²) in [6.45, 7) is 13.3. The maximum absolute atomic E-state index is 6.02. The Morgan fingerprint density at radius 3 is 2.33 bits per heavy atom. The highest BCUT2D eigenvalue weighted by atomic mass is 35.5. The lowest BCUT2D eigenvalue weighted by Gasteiger charge is -2.23. The van der Waals surface area contributed by atoms with E-state index in [-0.39, 0.29) is 11.3 Å². The molecular weight excluding hydrogens is 290 g/mol. The minimum absolute atomic E-state index is 0.132. The Hall–Kier alpha value is -1.14. The fourth-order valence-corrected chi connectivity index (χ4v) is 2.02. The molecule has 0 saturated heterocycles. The van der Waals surface area contributed by atoms with Gasteiger partial charge < -0.3 is 15.0 Å². The molecule has 0 aromatic carbocycles. The van der Waals surface area contributed by atoms with Crippen molar-refractivity contribution in [3.63, 3.8) is 0 Å². The first-order chi connectivity index (χ1) is 10.0. The highest BCUT2D eigenvalue weighted by molar-refractivity contribution is 6.28. The van der Waals surface area contributed by atoms with Gasteiger partial charge in [0.05, 0.1) is 12.6 Å². The smallest absolute Gasteiger partial charge is 0.231 e. The molecule has 0 bridgehead atoms. The number of hydrogen-bond acceptors (Lipinski definition) is 6. The van der Waals surface area contributed by atoms with Crippen molar-refractivity contribution in [2.75, 3.05) is 36.5 Å². The van der Waals surface area contributed by atoms with Gasteiger partial charge in [0.1, 0.15) is 0 Å². The number of nitrogens with zero attached hydrogens (tertiary/aromatic N) is 4. The van der Waals surface area contributed by atoms with Crippen LogP contribution < -0.4 is 10.2 Å². The molecule has 6 nitrogen and oxygen atoms in total. The summed E-state index contributed by atoms with van der Waals surface area (Å²) in [5.74, 6) is 1.49. The van der Waals surface area contributed by atoms with E-state index in [4.69, 9.17) is 16.3 Å². The minimum atomic E-state index is 0.132. The lowest BCUT2D eigenvalue weighted by atomic mass is 10.1. The van der Waals surface area contributed by atoms with E-state index in [1.165, 1.54) is 0 Å². The summed E-state index contributed by atoms with van der Waals surface area (Å²) in [5, 5.41) is 3.50. The van der Waals surface area contributed by atoms with E-state index in [0.29, 0.717) is 31.0 Å². The monoisotopic (exact) mass is 315 g/mol. The Morgan fingerprint density at radius 2 is 1.81 bits per heavy atom. The summed E-state index contributed by atoms with van der Waals surface area (Å²) >= 11 is 6.02. The molecule has 1 heterocycles. The Bertz CT molecular complexity index is 426. The normalized spacial score (nSPS) is 12.5. The summed E-state index contributed by atoms with van der Waals surface area (Å²) in [6.07, 6.45) is 0. The molecule has 1 atom stereocenters. The highest BCUT2D eigenvalue weighted by Crippen LogP contribution is 2.16. The molecule has 21 heavy (non-hydrogen) atoms. The van der Waals surface area contributed by atoms with E-state index in [1.54, 1.807) is 0 Å². The van der Waals surface area contributed by atoms with Gasteiger partial charge in [-0.25, -0.2) is 0 Å². The molecule has 0 radical (unpaired) electrons. The first-order valence-corrected chi connectivity index (χ1v) is 7.90. The van der Waals surface area contributed by atoms with Gasteiger partial charge in [0, 0.05) is 19.7 Å². The van der Waals surface area contributed by atoms with Crippen LogP contribution in [0.25, 0.3) is 0 Å². The van der Waals surface area contributed by atoms with Crippen LogP contribution in [0.2, 0.25) is 5.28 Å². The van der Waals surface area contributed by atoms with Crippen LogP contribution >= 0.6 is 11.6 Å². The maximum atomic E-state index is 6.02. The van der Waals surface area contributed by atoms with Crippen LogP contribution in [0.3, 0.4) is 0 Å². The summed E-state index contributed by atoms with van der Waals surface area (Å²) in [6, 6.07) is 0.132. The van der Waals surface area contributed by atoms with E-state index in [9.17, 15) is 0 Å². The molecule has 1 unspecified atom stereocenters. The molecule has 0 aliphatic heterocycles. The maximum Gasteiger partial charge on any atom is 0.231 e. The standard InChI is InChI=1S/C14H26ClN5O/c1-6-20(7-2)14-18-12(15)17-13(19-14)16-11(10(4)5)9-21-8-3/h10-11H,6-9H2,1-5H3,(H,16,17,18,19). The molecule has 1 aromatic heterocycles. The average Bonchev–Trinajstić information content (AvgIpc) is 2.44. The SMILES string of the molecule is CCOCC(Nc1nc(Cl)nc(N(CC)CC)n1)C(C)C. The third-order valence-corrected chi connectivity index (χ3v) is 3.43. The van der Waals surface area contributed by atoms with Crippen molar-refractivity contribution in [1.29, 1.82) is 0 Å². The second kappa shape index (κ2) is 9.00. The van der Waals surface area contributed by atoms with Gasteiger partial charge in [0.25, 0.3) is 0 Å². The second-order valence-electron chi connectivity index (χ2n) is 5.05. The molecule has 0 aliphatic carbocycles. The fourth-order valence-electron chi connectivity index (χ4n) is 1.86. The van der Waals surface area contributed by atoms with Crippen LogP contribution in [0.1, 0.15) is 34.6 Å². The predicted octanol–water partition coefficient (Wildman–Crippen LogP) is 2.84. The Morgan fingerprint density at radius 1 is 1.14 bits per heavy atom. The number of nitrogens with one attached hydrogen (secondary N) is 1. The molecule has 1 rings (SSSR count). The first kappa shape index (κ1) is 17.9. The minimum Gasteiger partial charge on any atom is -0.380 e. The van der Waals surface area contributed by atoms with E-state index in [1.807, 2.05) is 11.8 Å². The third kappa shape index (κ3) is 5.63. The molecule has 1 aromatic rings. The molecule has 0 saturated carbocycles. The summed E-state index contributed by atoms with van der Waals surface area (Å²) < 4.78 is 5.50. The Kier molecular flexibility index (Phi) is 7.67. The number of anilines is 2. The molecule has 0 fully saturated rings. The van der Waals surface area contributed by atoms with Crippen LogP contribution in [0.15, 0.2) is 0 Å². The van der Waals surface area contributed by atoms with Crippen molar-refractivity contribution in [2.45, 2.75) is 40.7 Å². The molecular formula is C14H26ClN5O. The van der Waals surface area contributed by atoms with Gasteiger partial charge in [0.15, 0.2) is 0 Å². The molecule has 0 aliphatic rings. The lowest BCUT2D eigenvalue weighted by Crippen LogP contribution is -2.32. The van der Waals surface area contributed by atoms with E-state index in [0.717, 1.165) is 13.1 Å². The largest absolute Gasteiger partial charge is 0.380 e. The van der Waals surface area contributed by atoms with Crippen LogP contribution in [0.5, 0.6) is 0 Å². The second-order valence-corrected chi connectivity index (χ2v) is 5.39. The molecule has 120 valence electrons. The number of ether oxygens (including phenoxy) is 1. The van der Waals surface area contributed by atoms with Gasteiger partial charge >= 0.3 is 0 Å². The highest BCUT2D eigenvalue weighted by Gasteiger charge is 2.17. The number of hydrogen-bond donors (Lipinski definition) is 1. The Balaban J connectivity index is 2.90. The van der Waals surface area contributed by atoms with Crippen molar-refractivity contribution in [2.24, 2.45) is 5.92 Å². The first-order valence-electron chi connectivity index (χ1n) is 7.52. The number of rotatable bonds is 9. The summed E-state index contributed by atoms with van der Waals surface area (Å²) in [5.41, 5.74) is 0. The van der Waals surface area contributed by atoms with Crippen molar-refractivity contribution in [3.05, 3.63) is 5.28 Å². The quantitative estimate of drug-likeness (QED) is 0.756. The zero-order valence-corrected chi connectivity index (χ0v) is 14.3. The predicted molar refractivity (Wildman–Crippen MR) is 87.1 cm³/mol. The fraction of sp³-hybridized carbons (Fsp3) is 0.786. The van der Waals surface area contributed by atoms with Gasteiger partial charge in [-0.3, -0.25) is 0 Å². The van der Waals surface area contributed by atoms with Crippen LogP contribution in [-0.2, 0) is 4.74 Å². The number of aromatic nitrogens is 3. The van der Waals surface area contributed by atoms with Gasteiger partial charge in [0.2, 0.25) is 17.2 Å². The van der Waals surface area contributed by atoms with Gasteiger partial charge in [-0.15, -0.1) is 0 Å². The molecule has 1 N–H and O–H groups in total. The van der Waals surface area contributed by atoms with Gasteiger partial charge in [-0.2, -0.15) is 15.0 Å².